The molecule has 1 aromatic heterocycles. The number of carboxylic acids is 1. The van der Waals surface area contributed by atoms with Crippen LogP contribution < -0.4 is 5.32 Å². The molecule has 2 N–H and O–H groups in total. The fourth-order valence-electron chi connectivity index (χ4n) is 2.48. The van der Waals surface area contributed by atoms with Gasteiger partial charge in [-0.05, 0) is 33.1 Å². The number of hydrogen-bond donors (Lipinski definition) is 2. The summed E-state index contributed by atoms with van der Waals surface area (Å²) in [5.74, 6) is 0.0307. The third kappa shape index (κ3) is 3.32. The molecule has 2 rings (SSSR count). The van der Waals surface area contributed by atoms with Crippen LogP contribution in [-0.4, -0.2) is 50.8 Å². The number of amides is 2. The maximum atomic E-state index is 12.2. The van der Waals surface area contributed by atoms with Gasteiger partial charge in [-0.2, -0.15) is 4.98 Å². The van der Waals surface area contributed by atoms with E-state index >= 15 is 0 Å². The molecule has 1 fully saturated rings. The van der Waals surface area contributed by atoms with Gasteiger partial charge in [0.25, 0.3) is 0 Å². The van der Waals surface area contributed by atoms with Crippen LogP contribution in [0.15, 0.2) is 4.52 Å². The minimum absolute atomic E-state index is 0.326. The minimum Gasteiger partial charge on any atom is -0.480 e. The van der Waals surface area contributed by atoms with Crippen molar-refractivity contribution >= 4 is 12.0 Å². The van der Waals surface area contributed by atoms with Crippen LogP contribution in [0.1, 0.15) is 37.9 Å². The molecule has 8 heteroatoms. The smallest absolute Gasteiger partial charge is 0.329 e. The average Bonchev–Trinajstić information content (AvgIpc) is 2.84. The van der Waals surface area contributed by atoms with E-state index in [0.717, 1.165) is 12.8 Å². The Bertz CT molecular complexity index is 530. The summed E-state index contributed by atoms with van der Waals surface area (Å²) in [6.07, 6.45) is 2.52. The number of urea groups is 1. The van der Waals surface area contributed by atoms with Crippen LogP contribution in [0.4, 0.5) is 4.79 Å². The number of nitrogens with one attached hydrogen (secondary N) is 1. The van der Waals surface area contributed by atoms with Crippen molar-refractivity contribution in [2.45, 2.75) is 45.1 Å². The van der Waals surface area contributed by atoms with Crippen molar-refractivity contribution in [2.75, 3.05) is 13.1 Å². The van der Waals surface area contributed by atoms with E-state index in [9.17, 15) is 14.7 Å². The Balaban J connectivity index is 1.90. The largest absolute Gasteiger partial charge is 0.480 e. The zero-order valence-corrected chi connectivity index (χ0v) is 12.3. The summed E-state index contributed by atoms with van der Waals surface area (Å²) in [4.78, 5) is 29.1. The van der Waals surface area contributed by atoms with E-state index in [4.69, 9.17) is 4.52 Å². The van der Waals surface area contributed by atoms with Gasteiger partial charge in [0.2, 0.25) is 5.89 Å². The summed E-state index contributed by atoms with van der Waals surface area (Å²) >= 11 is 0. The van der Waals surface area contributed by atoms with E-state index in [-0.39, 0.29) is 6.03 Å². The predicted octanol–water partition coefficient (Wildman–Crippen LogP) is 0.959. The van der Waals surface area contributed by atoms with Crippen molar-refractivity contribution in [1.29, 1.82) is 0 Å². The van der Waals surface area contributed by atoms with Crippen LogP contribution in [0.25, 0.3) is 0 Å². The van der Waals surface area contributed by atoms with Crippen molar-refractivity contribution in [1.82, 2.24) is 20.4 Å². The molecule has 2 amide bonds. The topological polar surface area (TPSA) is 109 Å². The van der Waals surface area contributed by atoms with E-state index in [1.807, 2.05) is 0 Å². The highest BCUT2D eigenvalue weighted by molar-refractivity contribution is 5.86. The summed E-state index contributed by atoms with van der Waals surface area (Å²) in [6.45, 7) is 4.09. The van der Waals surface area contributed by atoms with Crippen molar-refractivity contribution in [3.05, 3.63) is 11.7 Å². The molecule has 21 heavy (non-hydrogen) atoms. The second-order valence-electron chi connectivity index (χ2n) is 5.41. The Morgan fingerprint density at radius 3 is 2.86 bits per heavy atom. The molecule has 1 saturated heterocycles. The SMILES string of the molecule is Cc1noc(CCNC(=O)N2CCCCC2(C)C(=O)O)n1. The van der Waals surface area contributed by atoms with Gasteiger partial charge in [0.15, 0.2) is 5.82 Å². The summed E-state index contributed by atoms with van der Waals surface area (Å²) in [5.41, 5.74) is -1.14. The molecular weight excluding hydrogens is 276 g/mol. The molecule has 1 aromatic rings. The first-order valence-corrected chi connectivity index (χ1v) is 7.01. The maximum absolute atomic E-state index is 12.2. The molecular formula is C13H20N4O4. The van der Waals surface area contributed by atoms with Crippen LogP contribution in [-0.2, 0) is 11.2 Å². The van der Waals surface area contributed by atoms with Crippen LogP contribution in [0.3, 0.4) is 0 Å². The number of rotatable bonds is 4. The highest BCUT2D eigenvalue weighted by atomic mass is 16.5. The molecule has 1 aliphatic heterocycles. The lowest BCUT2D eigenvalue weighted by Crippen LogP contribution is -2.60. The van der Waals surface area contributed by atoms with Gasteiger partial charge in [-0.25, -0.2) is 9.59 Å². The second-order valence-corrected chi connectivity index (χ2v) is 5.41. The standard InChI is InChI=1S/C13H20N4O4/c1-9-15-10(21-16-9)5-7-14-12(20)17-8-4-3-6-13(17,2)11(18)19/h3-8H2,1-2H3,(H,14,20)(H,18,19). The molecule has 0 aliphatic carbocycles. The second kappa shape index (κ2) is 6.11. The molecule has 0 radical (unpaired) electrons. The number of piperidine rings is 1. The molecule has 0 bridgehead atoms. The fraction of sp³-hybridized carbons (Fsp3) is 0.692. The first kappa shape index (κ1) is 15.3. The maximum Gasteiger partial charge on any atom is 0.329 e. The summed E-state index contributed by atoms with van der Waals surface area (Å²) in [5, 5.41) is 15.7. The Kier molecular flexibility index (Phi) is 4.44. The molecule has 1 aliphatic rings. The highest BCUT2D eigenvalue weighted by Crippen LogP contribution is 2.28. The number of aromatic nitrogens is 2. The summed E-state index contributed by atoms with van der Waals surface area (Å²) < 4.78 is 4.95. The van der Waals surface area contributed by atoms with Crippen LogP contribution in [0.2, 0.25) is 0 Å². The first-order valence-electron chi connectivity index (χ1n) is 7.01. The number of hydrogen-bond acceptors (Lipinski definition) is 5. The van der Waals surface area contributed by atoms with Gasteiger partial charge in [0.05, 0.1) is 0 Å². The number of aliphatic carboxylic acids is 1. The Hall–Kier alpha value is -2.12. The third-order valence-electron chi connectivity index (χ3n) is 3.78. The van der Waals surface area contributed by atoms with Gasteiger partial charge in [0.1, 0.15) is 5.54 Å². The molecule has 2 heterocycles. The molecule has 8 nitrogen and oxygen atoms in total. The average molecular weight is 296 g/mol. The van der Waals surface area contributed by atoms with Gasteiger partial charge < -0.3 is 19.8 Å². The Morgan fingerprint density at radius 2 is 2.24 bits per heavy atom. The van der Waals surface area contributed by atoms with Crippen molar-refractivity contribution in [3.8, 4) is 0 Å². The monoisotopic (exact) mass is 296 g/mol. The van der Waals surface area contributed by atoms with Gasteiger partial charge >= 0.3 is 12.0 Å². The van der Waals surface area contributed by atoms with Crippen LogP contribution >= 0.6 is 0 Å². The number of carboxylic acid groups (broad SMARTS) is 1. The van der Waals surface area contributed by atoms with Crippen LogP contribution in [0, 0.1) is 6.92 Å². The summed E-state index contributed by atoms with van der Waals surface area (Å²) in [7, 11) is 0. The Morgan fingerprint density at radius 1 is 1.48 bits per heavy atom. The number of nitrogens with zero attached hydrogens (tertiary/aromatic N) is 3. The number of carbonyl (C=O) groups is 2. The zero-order chi connectivity index (χ0) is 15.5. The molecule has 0 aromatic carbocycles. The van der Waals surface area contributed by atoms with Gasteiger partial charge in [0, 0.05) is 19.5 Å². The van der Waals surface area contributed by atoms with E-state index in [0.29, 0.717) is 37.6 Å². The zero-order valence-electron chi connectivity index (χ0n) is 12.3. The molecule has 0 spiro atoms. The predicted molar refractivity (Wildman–Crippen MR) is 72.7 cm³/mol. The molecule has 116 valence electrons. The van der Waals surface area contributed by atoms with Crippen molar-refractivity contribution < 1.29 is 19.2 Å². The third-order valence-corrected chi connectivity index (χ3v) is 3.78. The first-order chi connectivity index (χ1) is 9.93. The quantitative estimate of drug-likeness (QED) is 0.856. The van der Waals surface area contributed by atoms with Crippen molar-refractivity contribution in [3.63, 3.8) is 0 Å². The Labute approximate surface area is 122 Å². The van der Waals surface area contributed by atoms with E-state index < -0.39 is 11.5 Å². The van der Waals surface area contributed by atoms with E-state index in [1.165, 1.54) is 4.90 Å². The van der Waals surface area contributed by atoms with Gasteiger partial charge in [-0.15, -0.1) is 0 Å². The lowest BCUT2D eigenvalue weighted by atomic mass is 9.89. The molecule has 1 atom stereocenters. The number of carbonyl (C=O) groups excluding carboxylic acids is 1. The normalized spacial score (nSPS) is 22.1. The lowest BCUT2D eigenvalue weighted by molar-refractivity contribution is -0.150. The van der Waals surface area contributed by atoms with E-state index in [2.05, 4.69) is 15.5 Å². The minimum atomic E-state index is -1.14. The fourth-order valence-corrected chi connectivity index (χ4v) is 2.48. The lowest BCUT2D eigenvalue weighted by Gasteiger charge is -2.41. The number of likely N-dealkylation sites (tertiary alicyclic amines) is 1. The van der Waals surface area contributed by atoms with E-state index in [1.54, 1.807) is 13.8 Å². The highest BCUT2D eigenvalue weighted by Gasteiger charge is 2.43. The molecule has 0 saturated carbocycles. The van der Waals surface area contributed by atoms with Gasteiger partial charge in [-0.3, -0.25) is 0 Å². The molecule has 1 unspecified atom stereocenters. The van der Waals surface area contributed by atoms with Crippen molar-refractivity contribution in [2.24, 2.45) is 0 Å². The van der Waals surface area contributed by atoms with Crippen LogP contribution in [0.5, 0.6) is 0 Å². The number of aryl methyl sites for hydroxylation is 1. The van der Waals surface area contributed by atoms with Gasteiger partial charge in [-0.1, -0.05) is 5.16 Å². The summed E-state index contributed by atoms with van der Waals surface area (Å²) in [6, 6.07) is -0.365.